The van der Waals surface area contributed by atoms with Crippen LogP contribution < -0.4 is 0 Å². The third-order valence-electron chi connectivity index (χ3n) is 10.5. The van der Waals surface area contributed by atoms with Gasteiger partial charge in [0, 0.05) is 12.1 Å². The van der Waals surface area contributed by atoms with Gasteiger partial charge in [0.1, 0.15) is 5.82 Å². The Labute approximate surface area is 296 Å². The van der Waals surface area contributed by atoms with Crippen LogP contribution in [0.25, 0.3) is 93.2 Å². The summed E-state index contributed by atoms with van der Waals surface area (Å²) in [5.41, 5.74) is 10.7. The van der Waals surface area contributed by atoms with E-state index in [9.17, 15) is 0 Å². The molecule has 0 amide bonds. The molecule has 0 spiro atoms. The van der Waals surface area contributed by atoms with Gasteiger partial charge in [-0.25, -0.2) is 4.98 Å². The first-order chi connectivity index (χ1) is 25.2. The summed E-state index contributed by atoms with van der Waals surface area (Å²) in [5.74, 6) is 1.07. The van der Waals surface area contributed by atoms with Crippen LogP contribution in [0, 0.1) is 0 Å². The summed E-state index contributed by atoms with van der Waals surface area (Å²) >= 11 is 0. The molecule has 240 valence electrons. The Bertz CT molecular complexity index is 2940. The Hall–Kier alpha value is -6.51. The largest absolute Gasteiger partial charge is 0.296 e. The smallest absolute Gasteiger partial charge is 0.114 e. The quantitative estimate of drug-likeness (QED) is 0.170. The van der Waals surface area contributed by atoms with E-state index in [1.165, 1.54) is 76.5 Å². The zero-order chi connectivity index (χ0) is 33.9. The first kappa shape index (κ1) is 29.4. The average molecular weight is 651 g/mol. The number of hydrogen-bond acceptors (Lipinski definition) is 1. The second kappa shape index (κ2) is 11.8. The van der Waals surface area contributed by atoms with Gasteiger partial charge in [-0.2, -0.15) is 0 Å². The molecule has 0 aliphatic rings. The highest BCUT2D eigenvalue weighted by molar-refractivity contribution is 6.24. The summed E-state index contributed by atoms with van der Waals surface area (Å²) in [7, 11) is 0. The SMILES string of the molecule is CCc1nc2ccccc2n1-c1ccc(-c2c3ccccc3c(-c3cccc4ccccc34)c3ccc(-c4ccc5ccccc5c4)cc23)cc1. The van der Waals surface area contributed by atoms with Gasteiger partial charge in [-0.15, -0.1) is 0 Å². The maximum atomic E-state index is 4.95. The maximum Gasteiger partial charge on any atom is 0.114 e. The fourth-order valence-electron chi connectivity index (χ4n) is 8.15. The molecule has 1 aromatic heterocycles. The van der Waals surface area contributed by atoms with E-state index >= 15 is 0 Å². The summed E-state index contributed by atoms with van der Waals surface area (Å²) < 4.78 is 2.30. The molecule has 0 saturated heterocycles. The van der Waals surface area contributed by atoms with Crippen molar-refractivity contribution in [3.05, 3.63) is 182 Å². The molecule has 51 heavy (non-hydrogen) atoms. The standard InChI is InChI=1S/C49H34N2/c1-2-47-50-45-20-9-10-21-46(45)51(47)38-27-24-34(25-28-38)48-41-17-7-8-18-42(41)49(40-19-11-15-33-13-5-6-16-39(33)40)43-29-26-37(31-44(43)48)36-23-22-32-12-3-4-14-35(32)30-36/h3-31H,2H2,1H3. The minimum Gasteiger partial charge on any atom is -0.296 e. The first-order valence-electron chi connectivity index (χ1n) is 17.8. The van der Waals surface area contributed by atoms with Crippen LogP contribution in [-0.4, -0.2) is 9.55 Å². The molecule has 0 radical (unpaired) electrons. The van der Waals surface area contributed by atoms with Gasteiger partial charge in [-0.3, -0.25) is 4.57 Å². The Morgan fingerprint density at radius 1 is 0.431 bits per heavy atom. The molecule has 0 bridgehead atoms. The maximum absolute atomic E-state index is 4.95. The summed E-state index contributed by atoms with van der Waals surface area (Å²) in [4.78, 5) is 4.95. The lowest BCUT2D eigenvalue weighted by Gasteiger charge is -2.20. The van der Waals surface area contributed by atoms with E-state index < -0.39 is 0 Å². The van der Waals surface area contributed by atoms with Crippen molar-refractivity contribution in [2.75, 3.05) is 0 Å². The number of rotatable bonds is 5. The third-order valence-corrected chi connectivity index (χ3v) is 10.5. The lowest BCUT2D eigenvalue weighted by molar-refractivity contribution is 0.908. The van der Waals surface area contributed by atoms with Crippen molar-refractivity contribution in [1.82, 2.24) is 9.55 Å². The van der Waals surface area contributed by atoms with Crippen molar-refractivity contribution < 1.29 is 0 Å². The molecule has 2 heteroatoms. The first-order valence-corrected chi connectivity index (χ1v) is 17.8. The lowest BCUT2D eigenvalue weighted by atomic mass is 9.83. The zero-order valence-electron chi connectivity index (χ0n) is 28.3. The monoisotopic (exact) mass is 650 g/mol. The molecular weight excluding hydrogens is 617 g/mol. The van der Waals surface area contributed by atoms with E-state index in [1.807, 2.05) is 0 Å². The van der Waals surface area contributed by atoms with E-state index in [4.69, 9.17) is 4.98 Å². The van der Waals surface area contributed by atoms with E-state index in [2.05, 4.69) is 187 Å². The van der Waals surface area contributed by atoms with Gasteiger partial charge < -0.3 is 0 Å². The molecule has 0 aliphatic heterocycles. The molecule has 1 heterocycles. The van der Waals surface area contributed by atoms with Crippen LogP contribution in [0.5, 0.6) is 0 Å². The van der Waals surface area contributed by atoms with E-state index in [0.717, 1.165) is 29.0 Å². The van der Waals surface area contributed by atoms with Crippen LogP contribution in [0.1, 0.15) is 12.7 Å². The minimum atomic E-state index is 0.860. The number of fused-ring (bicyclic) bond motifs is 5. The van der Waals surface area contributed by atoms with Crippen LogP contribution in [-0.2, 0) is 6.42 Å². The number of hydrogen-bond donors (Lipinski definition) is 0. The van der Waals surface area contributed by atoms with Gasteiger partial charge in [0.25, 0.3) is 0 Å². The third kappa shape index (κ3) is 4.75. The molecule has 9 aromatic carbocycles. The van der Waals surface area contributed by atoms with Gasteiger partial charge >= 0.3 is 0 Å². The number of imidazole rings is 1. The highest BCUT2D eigenvalue weighted by atomic mass is 15.1. The summed E-state index contributed by atoms with van der Waals surface area (Å²) in [6.45, 7) is 2.18. The van der Waals surface area contributed by atoms with Crippen LogP contribution in [0.15, 0.2) is 176 Å². The highest BCUT2D eigenvalue weighted by Gasteiger charge is 2.19. The topological polar surface area (TPSA) is 17.8 Å². The number of aromatic nitrogens is 2. The Morgan fingerprint density at radius 2 is 1.04 bits per heavy atom. The van der Waals surface area contributed by atoms with Crippen LogP contribution in [0.2, 0.25) is 0 Å². The molecule has 0 unspecified atom stereocenters. The average Bonchev–Trinajstić information content (AvgIpc) is 3.58. The fourth-order valence-corrected chi connectivity index (χ4v) is 8.15. The molecule has 10 rings (SSSR count). The van der Waals surface area contributed by atoms with Crippen molar-refractivity contribution in [2.24, 2.45) is 0 Å². The number of para-hydroxylation sites is 2. The van der Waals surface area contributed by atoms with Crippen molar-refractivity contribution >= 4 is 54.1 Å². The van der Waals surface area contributed by atoms with Crippen LogP contribution in [0.3, 0.4) is 0 Å². The molecule has 0 saturated carbocycles. The molecular formula is C49H34N2. The molecule has 0 fully saturated rings. The molecule has 2 nitrogen and oxygen atoms in total. The van der Waals surface area contributed by atoms with Gasteiger partial charge in [0.15, 0.2) is 0 Å². The van der Waals surface area contributed by atoms with Gasteiger partial charge in [-0.05, 0) is 113 Å². The summed E-state index contributed by atoms with van der Waals surface area (Å²) in [6, 6.07) is 64.4. The van der Waals surface area contributed by atoms with Crippen molar-refractivity contribution in [2.45, 2.75) is 13.3 Å². The molecule has 0 N–H and O–H groups in total. The number of benzene rings is 9. The zero-order valence-corrected chi connectivity index (χ0v) is 28.3. The number of aryl methyl sites for hydroxylation is 1. The summed E-state index contributed by atoms with van der Waals surface area (Å²) in [6.07, 6.45) is 0.860. The predicted molar refractivity (Wildman–Crippen MR) is 217 cm³/mol. The Balaban J connectivity index is 1.26. The van der Waals surface area contributed by atoms with E-state index in [1.54, 1.807) is 0 Å². The van der Waals surface area contributed by atoms with Crippen molar-refractivity contribution in [3.8, 4) is 39.1 Å². The second-order valence-corrected chi connectivity index (χ2v) is 13.4. The Kier molecular flexibility index (Phi) is 6.82. The van der Waals surface area contributed by atoms with Gasteiger partial charge in [-0.1, -0.05) is 146 Å². The molecule has 10 aromatic rings. The van der Waals surface area contributed by atoms with Crippen LogP contribution in [0.4, 0.5) is 0 Å². The van der Waals surface area contributed by atoms with Gasteiger partial charge in [0.05, 0.1) is 11.0 Å². The van der Waals surface area contributed by atoms with E-state index in [-0.39, 0.29) is 0 Å². The summed E-state index contributed by atoms with van der Waals surface area (Å²) in [5, 5.41) is 10.0. The second-order valence-electron chi connectivity index (χ2n) is 13.4. The van der Waals surface area contributed by atoms with Crippen molar-refractivity contribution in [3.63, 3.8) is 0 Å². The highest BCUT2D eigenvalue weighted by Crippen LogP contribution is 2.46. The fraction of sp³-hybridized carbons (Fsp3) is 0.0408. The van der Waals surface area contributed by atoms with E-state index in [0.29, 0.717) is 0 Å². The Morgan fingerprint density at radius 3 is 1.86 bits per heavy atom. The predicted octanol–water partition coefficient (Wildman–Crippen LogP) is 13.2. The lowest BCUT2D eigenvalue weighted by Crippen LogP contribution is -2.00. The van der Waals surface area contributed by atoms with Gasteiger partial charge in [0.2, 0.25) is 0 Å². The van der Waals surface area contributed by atoms with Crippen molar-refractivity contribution in [1.29, 1.82) is 0 Å². The minimum absolute atomic E-state index is 0.860. The molecule has 0 atom stereocenters. The normalized spacial score (nSPS) is 11.7. The molecule has 0 aliphatic carbocycles. The number of nitrogens with zero attached hydrogens (tertiary/aromatic N) is 2. The van der Waals surface area contributed by atoms with Crippen LogP contribution >= 0.6 is 0 Å².